The Balaban J connectivity index is 1.67. The zero-order valence-corrected chi connectivity index (χ0v) is 17.8. The molecule has 0 saturated carbocycles. The molecule has 7 nitrogen and oxygen atoms in total. The number of benzene rings is 2. The van der Waals surface area contributed by atoms with Crippen molar-refractivity contribution in [1.82, 2.24) is 9.97 Å². The summed E-state index contributed by atoms with van der Waals surface area (Å²) >= 11 is 7.08. The van der Waals surface area contributed by atoms with Crippen molar-refractivity contribution in [3.8, 4) is 5.88 Å². The summed E-state index contributed by atoms with van der Waals surface area (Å²) in [6.45, 7) is 2.09. The molecule has 2 aromatic carbocycles. The predicted molar refractivity (Wildman–Crippen MR) is 119 cm³/mol. The Morgan fingerprint density at radius 2 is 2.00 bits per heavy atom. The number of hydrogen-bond donors (Lipinski definition) is 2. The second-order valence-electron chi connectivity index (χ2n) is 6.65. The summed E-state index contributed by atoms with van der Waals surface area (Å²) in [6, 6.07) is 14.4. The highest BCUT2D eigenvalue weighted by Gasteiger charge is 2.17. The van der Waals surface area contributed by atoms with Gasteiger partial charge in [0.05, 0.1) is 17.3 Å². The molecule has 0 aliphatic carbocycles. The molecule has 1 amide bonds. The van der Waals surface area contributed by atoms with E-state index in [-0.39, 0.29) is 22.5 Å². The molecule has 2 N–H and O–H groups in total. The first-order chi connectivity index (χ1) is 14.9. The zero-order valence-electron chi connectivity index (χ0n) is 16.3. The molecule has 0 radical (unpaired) electrons. The normalized spacial score (nSPS) is 10.8. The Bertz CT molecular complexity index is 1310. The Hall–Kier alpha value is -3.49. The molecule has 156 valence electrons. The highest BCUT2D eigenvalue weighted by atomic mass is 35.5. The van der Waals surface area contributed by atoms with Gasteiger partial charge in [-0.1, -0.05) is 59.3 Å². The minimum absolute atomic E-state index is 0.0366. The molecule has 4 aromatic rings. The molecule has 4 rings (SSSR count). The molecular weight excluding hydrogens is 438 g/mol. The van der Waals surface area contributed by atoms with Gasteiger partial charge in [-0.2, -0.15) is 0 Å². The number of carbonyl (C=O) groups is 2. The summed E-state index contributed by atoms with van der Waals surface area (Å²) in [5, 5.41) is 13.1. The molecule has 0 atom stereocenters. The van der Waals surface area contributed by atoms with Gasteiger partial charge in [0.15, 0.2) is 5.13 Å². The van der Waals surface area contributed by atoms with Gasteiger partial charge < -0.3 is 9.84 Å². The van der Waals surface area contributed by atoms with Gasteiger partial charge in [0.25, 0.3) is 5.91 Å². The number of aromatic carboxylic acids is 1. The second-order valence-corrected chi connectivity index (χ2v) is 8.09. The first kappa shape index (κ1) is 20.8. The number of aryl methyl sites for hydroxylation is 1. The number of rotatable bonds is 6. The minimum Gasteiger partial charge on any atom is -0.477 e. The van der Waals surface area contributed by atoms with E-state index in [9.17, 15) is 9.59 Å². The lowest BCUT2D eigenvalue weighted by atomic mass is 10.1. The number of halogens is 1. The molecule has 0 saturated heterocycles. The van der Waals surface area contributed by atoms with Crippen molar-refractivity contribution in [2.24, 2.45) is 0 Å². The SMILES string of the molecule is Cc1cccc2c(C(=O)Nc3ncc(C(=O)O)s3)cc(OCc3ccccc3Cl)nc12. The average molecular weight is 454 g/mol. The number of hydrogen-bond acceptors (Lipinski definition) is 6. The maximum absolute atomic E-state index is 13.0. The number of anilines is 1. The third-order valence-corrected chi connectivity index (χ3v) is 5.80. The van der Waals surface area contributed by atoms with Gasteiger partial charge in [-0.25, -0.2) is 14.8 Å². The topological polar surface area (TPSA) is 101 Å². The molecule has 0 unspecified atom stereocenters. The van der Waals surface area contributed by atoms with Crippen LogP contribution in [-0.4, -0.2) is 27.0 Å². The van der Waals surface area contributed by atoms with Crippen LogP contribution >= 0.6 is 22.9 Å². The molecule has 2 aromatic heterocycles. The van der Waals surface area contributed by atoms with Crippen LogP contribution in [0.3, 0.4) is 0 Å². The van der Waals surface area contributed by atoms with E-state index < -0.39 is 11.9 Å². The maximum atomic E-state index is 13.0. The van der Waals surface area contributed by atoms with Crippen molar-refractivity contribution < 1.29 is 19.4 Å². The number of pyridine rings is 1. The van der Waals surface area contributed by atoms with Gasteiger partial charge in [0, 0.05) is 22.0 Å². The highest BCUT2D eigenvalue weighted by Crippen LogP contribution is 2.27. The minimum atomic E-state index is -1.10. The fourth-order valence-electron chi connectivity index (χ4n) is 2.99. The Morgan fingerprint density at radius 1 is 1.19 bits per heavy atom. The number of carbonyl (C=O) groups excluding carboxylic acids is 1. The number of amides is 1. The van der Waals surface area contributed by atoms with Crippen molar-refractivity contribution >= 4 is 50.8 Å². The molecule has 0 spiro atoms. The molecular formula is C22H16ClN3O4S. The van der Waals surface area contributed by atoms with E-state index in [1.165, 1.54) is 6.20 Å². The third kappa shape index (κ3) is 4.50. The fourth-order valence-corrected chi connectivity index (χ4v) is 3.83. The van der Waals surface area contributed by atoms with Crippen LogP contribution in [0.1, 0.15) is 31.2 Å². The smallest absolute Gasteiger partial charge is 0.347 e. The summed E-state index contributed by atoms with van der Waals surface area (Å²) in [7, 11) is 0. The van der Waals surface area contributed by atoms with E-state index in [2.05, 4.69) is 15.3 Å². The van der Waals surface area contributed by atoms with Crippen molar-refractivity contribution in [2.75, 3.05) is 5.32 Å². The maximum Gasteiger partial charge on any atom is 0.347 e. The molecule has 2 heterocycles. The second kappa shape index (κ2) is 8.71. The van der Waals surface area contributed by atoms with E-state index in [1.54, 1.807) is 18.2 Å². The largest absolute Gasteiger partial charge is 0.477 e. The van der Waals surface area contributed by atoms with E-state index in [0.717, 1.165) is 22.5 Å². The number of nitrogens with zero attached hydrogens (tertiary/aromatic N) is 2. The van der Waals surface area contributed by atoms with Crippen LogP contribution in [0.2, 0.25) is 5.02 Å². The number of fused-ring (bicyclic) bond motifs is 1. The number of nitrogens with one attached hydrogen (secondary N) is 1. The van der Waals surface area contributed by atoms with Crippen LogP contribution in [0.5, 0.6) is 5.88 Å². The molecule has 0 fully saturated rings. The Labute approximate surface area is 186 Å². The zero-order chi connectivity index (χ0) is 22.0. The summed E-state index contributed by atoms with van der Waals surface area (Å²) < 4.78 is 5.85. The Kier molecular flexibility index (Phi) is 5.83. The average Bonchev–Trinajstić information content (AvgIpc) is 3.22. The fraction of sp³-hybridized carbons (Fsp3) is 0.0909. The summed E-state index contributed by atoms with van der Waals surface area (Å²) in [6.07, 6.45) is 1.20. The predicted octanol–water partition coefficient (Wildman–Crippen LogP) is 5.18. The van der Waals surface area contributed by atoms with Gasteiger partial charge >= 0.3 is 5.97 Å². The van der Waals surface area contributed by atoms with Crippen LogP contribution in [0.15, 0.2) is 54.7 Å². The summed E-state index contributed by atoms with van der Waals surface area (Å²) in [4.78, 5) is 32.6. The standard InChI is InChI=1S/C22H16ClN3O4S/c1-12-5-4-7-14-15(20(27)26-22-24-10-17(31-22)21(28)29)9-18(25-19(12)14)30-11-13-6-2-3-8-16(13)23/h2-10H,11H2,1H3,(H,28,29)(H,24,26,27). The van der Waals surface area contributed by atoms with Crippen molar-refractivity contribution in [2.45, 2.75) is 13.5 Å². The number of thiazole rings is 1. The summed E-state index contributed by atoms with van der Waals surface area (Å²) in [5.41, 5.74) is 2.66. The molecule has 31 heavy (non-hydrogen) atoms. The van der Waals surface area contributed by atoms with Crippen molar-refractivity contribution in [3.63, 3.8) is 0 Å². The number of carboxylic acids is 1. The molecule has 9 heteroatoms. The number of para-hydroxylation sites is 1. The van der Waals surface area contributed by atoms with Gasteiger partial charge in [-0.15, -0.1) is 0 Å². The third-order valence-electron chi connectivity index (χ3n) is 4.53. The molecule has 0 aliphatic heterocycles. The van der Waals surface area contributed by atoms with Crippen LogP contribution in [0.25, 0.3) is 10.9 Å². The monoisotopic (exact) mass is 453 g/mol. The number of ether oxygens (including phenoxy) is 1. The van der Waals surface area contributed by atoms with Gasteiger partial charge in [0.2, 0.25) is 5.88 Å². The number of carboxylic acid groups (broad SMARTS) is 1. The van der Waals surface area contributed by atoms with Crippen LogP contribution in [0.4, 0.5) is 5.13 Å². The summed E-state index contributed by atoms with van der Waals surface area (Å²) in [5.74, 6) is -1.26. The lowest BCUT2D eigenvalue weighted by molar-refractivity contribution is 0.0701. The molecule has 0 aliphatic rings. The van der Waals surface area contributed by atoms with Crippen molar-refractivity contribution in [1.29, 1.82) is 0 Å². The first-order valence-electron chi connectivity index (χ1n) is 9.19. The first-order valence-corrected chi connectivity index (χ1v) is 10.4. The quantitative estimate of drug-likeness (QED) is 0.417. The van der Waals surface area contributed by atoms with Gasteiger partial charge in [-0.3, -0.25) is 10.1 Å². The van der Waals surface area contributed by atoms with E-state index in [4.69, 9.17) is 21.4 Å². The van der Waals surface area contributed by atoms with Crippen LogP contribution in [0, 0.1) is 6.92 Å². The molecule has 0 bridgehead atoms. The van der Waals surface area contributed by atoms with E-state index >= 15 is 0 Å². The van der Waals surface area contributed by atoms with Crippen LogP contribution in [-0.2, 0) is 6.61 Å². The highest BCUT2D eigenvalue weighted by molar-refractivity contribution is 7.17. The van der Waals surface area contributed by atoms with Gasteiger partial charge in [0.1, 0.15) is 11.5 Å². The van der Waals surface area contributed by atoms with Crippen molar-refractivity contribution in [3.05, 3.63) is 81.3 Å². The van der Waals surface area contributed by atoms with Crippen LogP contribution < -0.4 is 10.1 Å². The van der Waals surface area contributed by atoms with E-state index in [1.807, 2.05) is 37.3 Å². The Morgan fingerprint density at radius 3 is 2.74 bits per heavy atom. The lowest BCUT2D eigenvalue weighted by Crippen LogP contribution is -2.13. The lowest BCUT2D eigenvalue weighted by Gasteiger charge is -2.12. The van der Waals surface area contributed by atoms with Gasteiger partial charge in [-0.05, 0) is 18.6 Å². The van der Waals surface area contributed by atoms with E-state index in [0.29, 0.717) is 21.5 Å². The number of aromatic nitrogens is 2.